The summed E-state index contributed by atoms with van der Waals surface area (Å²) in [7, 11) is 2.48. The van der Waals surface area contributed by atoms with Crippen LogP contribution in [0.2, 0.25) is 0 Å². The molecule has 210 valence electrons. The first-order valence-electron chi connectivity index (χ1n) is 12.5. The molecule has 4 amide bonds. The Morgan fingerprint density at radius 3 is 2.05 bits per heavy atom. The van der Waals surface area contributed by atoms with Crippen LogP contribution in [0.3, 0.4) is 0 Å². The summed E-state index contributed by atoms with van der Waals surface area (Å²) in [6.07, 6.45) is 0.718. The molecule has 1 heterocycles. The number of alkyl halides is 2. The number of carbonyl (C=O) groups is 5. The van der Waals surface area contributed by atoms with Crippen molar-refractivity contribution >= 4 is 29.4 Å². The van der Waals surface area contributed by atoms with E-state index in [0.717, 1.165) is 7.05 Å². The first-order chi connectivity index (χ1) is 17.8. The molecule has 10 nitrogen and oxygen atoms in total. The average molecular weight is 539 g/mol. The van der Waals surface area contributed by atoms with Crippen LogP contribution < -0.4 is 20.7 Å². The van der Waals surface area contributed by atoms with Gasteiger partial charge in [0.2, 0.25) is 17.6 Å². The van der Waals surface area contributed by atoms with Crippen molar-refractivity contribution in [3.63, 3.8) is 0 Å². The quantitative estimate of drug-likeness (QED) is 0.366. The Balaban J connectivity index is 2.20. The van der Waals surface area contributed by atoms with Crippen LogP contribution in [-0.4, -0.2) is 79.1 Å². The summed E-state index contributed by atoms with van der Waals surface area (Å²) in [4.78, 5) is 64.8. The van der Waals surface area contributed by atoms with Gasteiger partial charge >= 0.3 is 5.92 Å². The molecule has 3 N–H and O–H groups in total. The molecule has 0 aliphatic carbocycles. The third-order valence-corrected chi connectivity index (χ3v) is 6.48. The summed E-state index contributed by atoms with van der Waals surface area (Å²) < 4.78 is 33.7. The van der Waals surface area contributed by atoms with Crippen molar-refractivity contribution in [1.29, 1.82) is 0 Å². The second-order valence-corrected chi connectivity index (χ2v) is 9.86. The van der Waals surface area contributed by atoms with Gasteiger partial charge in [-0.2, -0.15) is 8.78 Å². The van der Waals surface area contributed by atoms with E-state index in [9.17, 15) is 32.8 Å². The van der Waals surface area contributed by atoms with E-state index in [1.165, 1.54) is 25.9 Å². The van der Waals surface area contributed by atoms with Gasteiger partial charge in [0, 0.05) is 19.2 Å². The van der Waals surface area contributed by atoms with E-state index in [-0.39, 0.29) is 18.9 Å². The average Bonchev–Trinajstić information content (AvgIpc) is 3.38. The number of carbonyl (C=O) groups excluding carboxylic acids is 5. The van der Waals surface area contributed by atoms with E-state index < -0.39 is 59.4 Å². The smallest absolute Gasteiger partial charge is 0.383 e. The molecular weight excluding hydrogens is 502 g/mol. The number of nitrogens with one attached hydrogen (secondary N) is 3. The molecule has 1 aliphatic heterocycles. The standard InChI is InChI=1S/C26H36F2N4O6/c1-14(2)19(21(33)26(27,28)25(37)29-5)30-23(35)18-8-7-13-32(18)24(36)20(15(3)4)31-22(34)16-9-11-17(38-6)12-10-16/h9-12,14-15,18-20H,7-8,13H2,1-6H3,(H,29,37)(H,30,35)(H,31,34)/t18-,19-,20-/m0/s1. The predicted molar refractivity (Wildman–Crippen MR) is 135 cm³/mol. The SMILES string of the molecule is CNC(=O)C(F)(F)C(=O)[C@@H](NC(=O)[C@@H]1CCCN1C(=O)[C@@H](NC(=O)c1ccc(OC)cc1)C(C)C)C(C)C. The zero-order valence-corrected chi connectivity index (χ0v) is 22.5. The van der Waals surface area contributed by atoms with Crippen molar-refractivity contribution < 1.29 is 37.5 Å². The third kappa shape index (κ3) is 6.84. The lowest BCUT2D eigenvalue weighted by molar-refractivity contribution is -0.161. The van der Waals surface area contributed by atoms with Gasteiger partial charge in [-0.1, -0.05) is 27.7 Å². The number of hydrogen-bond donors (Lipinski definition) is 3. The Hall–Kier alpha value is -3.57. The van der Waals surface area contributed by atoms with Gasteiger partial charge in [-0.15, -0.1) is 0 Å². The topological polar surface area (TPSA) is 134 Å². The van der Waals surface area contributed by atoms with Gasteiger partial charge in [-0.3, -0.25) is 24.0 Å². The molecule has 1 saturated heterocycles. The first kappa shape index (κ1) is 30.7. The maximum Gasteiger partial charge on any atom is 0.383 e. The molecule has 1 aromatic carbocycles. The molecule has 0 spiro atoms. The van der Waals surface area contributed by atoms with E-state index in [1.807, 2.05) is 0 Å². The Kier molecular flexibility index (Phi) is 10.3. The van der Waals surface area contributed by atoms with E-state index >= 15 is 0 Å². The van der Waals surface area contributed by atoms with Crippen molar-refractivity contribution in [1.82, 2.24) is 20.9 Å². The maximum atomic E-state index is 14.3. The molecular formula is C26H36F2N4O6. The summed E-state index contributed by atoms with van der Waals surface area (Å²) in [6, 6.07) is 2.70. The number of ether oxygens (including phenoxy) is 1. The maximum absolute atomic E-state index is 14.3. The lowest BCUT2D eigenvalue weighted by atomic mass is 9.94. The largest absolute Gasteiger partial charge is 0.497 e. The van der Waals surface area contributed by atoms with Crippen molar-refractivity contribution in [3.8, 4) is 5.75 Å². The predicted octanol–water partition coefficient (Wildman–Crippen LogP) is 1.53. The Morgan fingerprint density at radius 2 is 1.55 bits per heavy atom. The second-order valence-electron chi connectivity index (χ2n) is 9.86. The summed E-state index contributed by atoms with van der Waals surface area (Å²) in [5.74, 6) is -10.1. The molecule has 38 heavy (non-hydrogen) atoms. The van der Waals surface area contributed by atoms with Gasteiger partial charge in [0.25, 0.3) is 11.8 Å². The number of Topliss-reactive ketones (excluding diaryl/α,β-unsaturated/α-hetero) is 1. The van der Waals surface area contributed by atoms with Crippen molar-refractivity contribution in [3.05, 3.63) is 29.8 Å². The van der Waals surface area contributed by atoms with Crippen LogP contribution in [0.4, 0.5) is 8.78 Å². The summed E-state index contributed by atoms with van der Waals surface area (Å²) >= 11 is 0. The number of likely N-dealkylation sites (tertiary alicyclic amines) is 1. The Morgan fingerprint density at radius 1 is 0.974 bits per heavy atom. The minimum atomic E-state index is -4.34. The Labute approximate surface area is 220 Å². The van der Waals surface area contributed by atoms with Gasteiger partial charge in [-0.05, 0) is 48.9 Å². The van der Waals surface area contributed by atoms with Crippen molar-refractivity contribution in [2.45, 2.75) is 64.6 Å². The molecule has 0 radical (unpaired) electrons. The fourth-order valence-electron chi connectivity index (χ4n) is 4.21. The van der Waals surface area contributed by atoms with Crippen LogP contribution in [-0.2, 0) is 19.2 Å². The first-order valence-corrected chi connectivity index (χ1v) is 12.5. The molecule has 0 aromatic heterocycles. The van der Waals surface area contributed by atoms with Gasteiger partial charge < -0.3 is 25.6 Å². The minimum absolute atomic E-state index is 0.216. The lowest BCUT2D eigenvalue weighted by Gasteiger charge is -2.32. The van der Waals surface area contributed by atoms with Crippen LogP contribution in [0.5, 0.6) is 5.75 Å². The highest BCUT2D eigenvalue weighted by molar-refractivity contribution is 6.10. The number of hydrogen-bond acceptors (Lipinski definition) is 6. The lowest BCUT2D eigenvalue weighted by Crippen LogP contribution is -2.59. The van der Waals surface area contributed by atoms with Crippen LogP contribution in [0.15, 0.2) is 24.3 Å². The monoisotopic (exact) mass is 538 g/mol. The number of ketones is 1. The number of nitrogens with zero attached hydrogens (tertiary/aromatic N) is 1. The number of methoxy groups -OCH3 is 1. The van der Waals surface area contributed by atoms with Crippen LogP contribution in [0.1, 0.15) is 50.9 Å². The zero-order valence-electron chi connectivity index (χ0n) is 22.5. The van der Waals surface area contributed by atoms with Crippen LogP contribution >= 0.6 is 0 Å². The molecule has 0 bridgehead atoms. The Bertz CT molecular complexity index is 1040. The summed E-state index contributed by atoms with van der Waals surface area (Å²) in [5, 5.41) is 6.80. The normalized spacial score (nSPS) is 17.1. The minimum Gasteiger partial charge on any atom is -0.497 e. The molecule has 3 atom stereocenters. The van der Waals surface area contributed by atoms with E-state index in [1.54, 1.807) is 43.4 Å². The molecule has 1 aromatic rings. The van der Waals surface area contributed by atoms with Crippen LogP contribution in [0, 0.1) is 11.8 Å². The van der Waals surface area contributed by atoms with Gasteiger partial charge in [-0.25, -0.2) is 0 Å². The van der Waals surface area contributed by atoms with E-state index in [0.29, 0.717) is 17.7 Å². The fraction of sp³-hybridized carbons (Fsp3) is 0.577. The molecule has 1 aliphatic rings. The van der Waals surface area contributed by atoms with E-state index in [4.69, 9.17) is 4.74 Å². The highest BCUT2D eigenvalue weighted by Gasteiger charge is 2.51. The van der Waals surface area contributed by atoms with Crippen molar-refractivity contribution in [2.75, 3.05) is 20.7 Å². The third-order valence-electron chi connectivity index (χ3n) is 6.48. The molecule has 0 unspecified atom stereocenters. The van der Waals surface area contributed by atoms with E-state index in [2.05, 4.69) is 10.6 Å². The number of benzene rings is 1. The number of rotatable bonds is 11. The highest BCUT2D eigenvalue weighted by Crippen LogP contribution is 2.24. The second kappa shape index (κ2) is 12.8. The summed E-state index contributed by atoms with van der Waals surface area (Å²) in [5.41, 5.74) is 0.315. The zero-order chi connectivity index (χ0) is 28.8. The molecule has 0 saturated carbocycles. The molecule has 12 heteroatoms. The molecule has 1 fully saturated rings. The highest BCUT2D eigenvalue weighted by atomic mass is 19.3. The van der Waals surface area contributed by atoms with Gasteiger partial charge in [0.1, 0.15) is 17.8 Å². The molecule has 2 rings (SSSR count). The van der Waals surface area contributed by atoms with Crippen molar-refractivity contribution in [2.24, 2.45) is 11.8 Å². The van der Waals surface area contributed by atoms with Gasteiger partial charge in [0.05, 0.1) is 13.2 Å². The summed E-state index contributed by atoms with van der Waals surface area (Å²) in [6.45, 7) is 6.63. The number of halogens is 2. The fourth-order valence-corrected chi connectivity index (χ4v) is 4.21. The van der Waals surface area contributed by atoms with Crippen LogP contribution in [0.25, 0.3) is 0 Å². The number of amides is 4. The van der Waals surface area contributed by atoms with Gasteiger partial charge in [0.15, 0.2) is 0 Å².